The number of fused-ring (bicyclic) bond motifs is 1. The molecule has 0 bridgehead atoms. The highest BCUT2D eigenvalue weighted by atomic mass is 19.4. The molecule has 0 atom stereocenters. The molecule has 1 amide bonds. The number of amides is 1. The molecule has 2 rings (SSSR count). The molecule has 130 valence electrons. The van der Waals surface area contributed by atoms with Crippen molar-refractivity contribution in [3.8, 4) is 0 Å². The summed E-state index contributed by atoms with van der Waals surface area (Å²) in [6.45, 7) is 0.227. The number of hydrogen-bond donors (Lipinski definition) is 1. The van der Waals surface area contributed by atoms with Crippen molar-refractivity contribution in [3.63, 3.8) is 0 Å². The number of nitrogens with one attached hydrogen (secondary N) is 1. The van der Waals surface area contributed by atoms with E-state index in [2.05, 4.69) is 10.3 Å². The minimum Gasteiger partial charge on any atom is -0.385 e. The van der Waals surface area contributed by atoms with Crippen molar-refractivity contribution in [2.45, 2.75) is 19.1 Å². The van der Waals surface area contributed by atoms with Crippen LogP contribution in [0.1, 0.15) is 12.1 Å². The average molecular weight is 343 g/mol. The van der Waals surface area contributed by atoms with Gasteiger partial charge in [-0.25, -0.2) is 4.98 Å². The summed E-state index contributed by atoms with van der Waals surface area (Å²) < 4.78 is 44.6. The predicted molar refractivity (Wildman–Crippen MR) is 80.5 cm³/mol. The Morgan fingerprint density at radius 1 is 1.33 bits per heavy atom. The molecule has 0 saturated carbocycles. The van der Waals surface area contributed by atoms with Gasteiger partial charge < -0.3 is 10.1 Å². The van der Waals surface area contributed by atoms with Gasteiger partial charge in [-0.05, 0) is 18.6 Å². The standard InChI is InChI=1S/C15H16F3N3O3/c1-24-8-4-7-19-12(22)9-21-11-6-3-2-5-10(11)20-13(14(21)23)15(16,17)18/h2-3,5-6H,4,7-9H2,1H3,(H,19,22). The highest BCUT2D eigenvalue weighted by Crippen LogP contribution is 2.26. The molecule has 9 heteroatoms. The second kappa shape index (κ2) is 7.43. The van der Waals surface area contributed by atoms with Gasteiger partial charge in [-0.15, -0.1) is 0 Å². The van der Waals surface area contributed by atoms with Crippen LogP contribution in [0.5, 0.6) is 0 Å². The quantitative estimate of drug-likeness (QED) is 0.808. The van der Waals surface area contributed by atoms with Crippen LogP contribution in [0.2, 0.25) is 0 Å². The molecule has 0 spiro atoms. The number of rotatable bonds is 6. The van der Waals surface area contributed by atoms with E-state index in [0.29, 0.717) is 19.6 Å². The number of alkyl halides is 3. The molecule has 1 N–H and O–H groups in total. The topological polar surface area (TPSA) is 73.2 Å². The van der Waals surface area contributed by atoms with Gasteiger partial charge in [0.1, 0.15) is 6.54 Å². The van der Waals surface area contributed by atoms with Crippen molar-refractivity contribution in [3.05, 3.63) is 40.3 Å². The first-order chi connectivity index (χ1) is 11.3. The average Bonchev–Trinajstić information content (AvgIpc) is 2.53. The van der Waals surface area contributed by atoms with E-state index in [1.165, 1.54) is 25.3 Å². The van der Waals surface area contributed by atoms with Crippen molar-refractivity contribution in [1.29, 1.82) is 0 Å². The number of ether oxygens (including phenoxy) is 1. The van der Waals surface area contributed by atoms with Gasteiger partial charge in [0.15, 0.2) is 0 Å². The summed E-state index contributed by atoms with van der Waals surface area (Å²) in [6.07, 6.45) is -4.33. The first-order valence-corrected chi connectivity index (χ1v) is 7.17. The zero-order valence-electron chi connectivity index (χ0n) is 12.9. The summed E-state index contributed by atoms with van der Waals surface area (Å²) in [5.41, 5.74) is -2.71. The van der Waals surface area contributed by atoms with Gasteiger partial charge in [0.05, 0.1) is 11.0 Å². The van der Waals surface area contributed by atoms with E-state index in [1.54, 1.807) is 6.07 Å². The first-order valence-electron chi connectivity index (χ1n) is 7.17. The maximum absolute atomic E-state index is 13.0. The minimum atomic E-state index is -4.89. The number of carbonyl (C=O) groups excluding carboxylic acids is 1. The Morgan fingerprint density at radius 3 is 2.71 bits per heavy atom. The van der Waals surface area contributed by atoms with Crippen molar-refractivity contribution in [1.82, 2.24) is 14.9 Å². The Morgan fingerprint density at radius 2 is 2.04 bits per heavy atom. The molecule has 0 fully saturated rings. The molecule has 1 heterocycles. The normalized spacial score (nSPS) is 11.7. The largest absolute Gasteiger partial charge is 0.438 e. The van der Waals surface area contributed by atoms with E-state index < -0.39 is 29.9 Å². The van der Waals surface area contributed by atoms with Gasteiger partial charge in [-0.3, -0.25) is 14.2 Å². The Hall–Kier alpha value is -2.42. The first kappa shape index (κ1) is 17.9. The molecule has 1 aromatic heterocycles. The molecular formula is C15H16F3N3O3. The third-order valence-electron chi connectivity index (χ3n) is 3.27. The second-order valence-electron chi connectivity index (χ2n) is 5.03. The van der Waals surface area contributed by atoms with Crippen molar-refractivity contribution >= 4 is 16.9 Å². The monoisotopic (exact) mass is 343 g/mol. The van der Waals surface area contributed by atoms with Crippen LogP contribution in [-0.2, 0) is 22.3 Å². The molecule has 2 aromatic rings. The molecule has 6 nitrogen and oxygen atoms in total. The van der Waals surface area contributed by atoms with Crippen LogP contribution < -0.4 is 10.9 Å². The van der Waals surface area contributed by atoms with Crippen molar-refractivity contribution in [2.75, 3.05) is 20.3 Å². The Labute approximate surface area is 135 Å². The fourth-order valence-corrected chi connectivity index (χ4v) is 2.18. The number of nitrogens with zero attached hydrogens (tertiary/aromatic N) is 2. The minimum absolute atomic E-state index is 0.00314. The van der Waals surface area contributed by atoms with Crippen LogP contribution in [0.25, 0.3) is 11.0 Å². The fraction of sp³-hybridized carbons (Fsp3) is 0.400. The predicted octanol–water partition coefficient (Wildman–Crippen LogP) is 1.57. The Bertz CT molecular complexity index is 787. The zero-order chi connectivity index (χ0) is 17.7. The smallest absolute Gasteiger partial charge is 0.385 e. The lowest BCUT2D eigenvalue weighted by Gasteiger charge is -2.13. The molecule has 1 aromatic carbocycles. The van der Waals surface area contributed by atoms with Crippen molar-refractivity contribution < 1.29 is 22.7 Å². The molecule has 0 unspecified atom stereocenters. The van der Waals surface area contributed by atoms with E-state index in [-0.39, 0.29) is 11.0 Å². The number of carbonyl (C=O) groups is 1. The van der Waals surface area contributed by atoms with Gasteiger partial charge in [-0.2, -0.15) is 13.2 Å². The van der Waals surface area contributed by atoms with Gasteiger partial charge >= 0.3 is 6.18 Å². The third-order valence-corrected chi connectivity index (χ3v) is 3.27. The van der Waals surface area contributed by atoms with Crippen LogP contribution in [0.15, 0.2) is 29.1 Å². The van der Waals surface area contributed by atoms with Crippen molar-refractivity contribution in [2.24, 2.45) is 0 Å². The third kappa shape index (κ3) is 4.10. The number of para-hydroxylation sites is 2. The maximum atomic E-state index is 13.0. The highest BCUT2D eigenvalue weighted by molar-refractivity contribution is 5.80. The lowest BCUT2D eigenvalue weighted by atomic mass is 10.2. The van der Waals surface area contributed by atoms with E-state index in [4.69, 9.17) is 4.74 Å². The van der Waals surface area contributed by atoms with E-state index >= 15 is 0 Å². The van der Waals surface area contributed by atoms with Crippen LogP contribution >= 0.6 is 0 Å². The summed E-state index contributed by atoms with van der Waals surface area (Å²) in [5.74, 6) is -0.558. The molecule has 0 aliphatic rings. The number of hydrogen-bond acceptors (Lipinski definition) is 4. The SMILES string of the molecule is COCCCNC(=O)Cn1c(=O)c(C(F)(F)F)nc2ccccc21. The van der Waals surface area contributed by atoms with E-state index in [0.717, 1.165) is 4.57 Å². The van der Waals surface area contributed by atoms with Crippen LogP contribution in [-0.4, -0.2) is 35.7 Å². The van der Waals surface area contributed by atoms with Crippen LogP contribution in [0, 0.1) is 0 Å². The summed E-state index contributed by atoms with van der Waals surface area (Å²) in [5, 5.41) is 2.54. The molecular weight excluding hydrogens is 327 g/mol. The van der Waals surface area contributed by atoms with Gasteiger partial charge in [0.2, 0.25) is 11.6 Å². The summed E-state index contributed by atoms with van der Waals surface area (Å²) in [4.78, 5) is 27.4. The number of benzene rings is 1. The fourth-order valence-electron chi connectivity index (χ4n) is 2.18. The van der Waals surface area contributed by atoms with Gasteiger partial charge in [0.25, 0.3) is 5.56 Å². The van der Waals surface area contributed by atoms with Crippen LogP contribution in [0.4, 0.5) is 13.2 Å². The molecule has 0 aliphatic heterocycles. The van der Waals surface area contributed by atoms with E-state index in [1.807, 2.05) is 0 Å². The zero-order valence-corrected chi connectivity index (χ0v) is 12.9. The highest BCUT2D eigenvalue weighted by Gasteiger charge is 2.37. The lowest BCUT2D eigenvalue weighted by molar-refractivity contribution is -0.142. The maximum Gasteiger partial charge on any atom is 0.438 e. The van der Waals surface area contributed by atoms with Gasteiger partial charge in [0, 0.05) is 20.3 Å². The number of halogens is 3. The molecule has 0 saturated heterocycles. The lowest BCUT2D eigenvalue weighted by Crippen LogP contribution is -2.36. The Kier molecular flexibility index (Phi) is 5.55. The van der Waals surface area contributed by atoms with E-state index in [9.17, 15) is 22.8 Å². The Balaban J connectivity index is 2.36. The number of methoxy groups -OCH3 is 1. The number of aromatic nitrogens is 2. The summed E-state index contributed by atoms with van der Waals surface area (Å²) >= 11 is 0. The second-order valence-corrected chi connectivity index (χ2v) is 5.03. The van der Waals surface area contributed by atoms with Gasteiger partial charge in [-0.1, -0.05) is 12.1 Å². The molecule has 0 radical (unpaired) electrons. The summed E-state index contributed by atoms with van der Waals surface area (Å²) in [6, 6.07) is 5.87. The summed E-state index contributed by atoms with van der Waals surface area (Å²) in [7, 11) is 1.52. The molecule has 24 heavy (non-hydrogen) atoms. The van der Waals surface area contributed by atoms with Crippen LogP contribution in [0.3, 0.4) is 0 Å². The molecule has 0 aliphatic carbocycles.